The van der Waals surface area contributed by atoms with Crippen LogP contribution in [0.1, 0.15) is 25.5 Å². The average Bonchev–Trinajstić information content (AvgIpc) is 3.51. The molecule has 1 unspecified atom stereocenters. The third-order valence-electron chi connectivity index (χ3n) is 6.80. The molecular formula is C23H27N7O3S. The van der Waals surface area contributed by atoms with E-state index in [1.165, 1.54) is 12.1 Å². The van der Waals surface area contributed by atoms with Crippen molar-refractivity contribution in [3.8, 4) is 22.4 Å². The number of nitrogens with one attached hydrogen (secondary N) is 1. The van der Waals surface area contributed by atoms with Crippen LogP contribution in [0.5, 0.6) is 0 Å². The van der Waals surface area contributed by atoms with Crippen LogP contribution in [0.2, 0.25) is 0 Å². The van der Waals surface area contributed by atoms with E-state index in [1.807, 2.05) is 22.6 Å². The molecule has 0 saturated carbocycles. The number of fused-ring (bicyclic) bond motifs is 2. The number of urea groups is 1. The topological polar surface area (TPSA) is 149 Å². The molecule has 0 bridgehead atoms. The lowest BCUT2D eigenvalue weighted by atomic mass is 9.82. The van der Waals surface area contributed by atoms with Crippen molar-refractivity contribution < 1.29 is 13.2 Å². The van der Waals surface area contributed by atoms with Crippen LogP contribution < -0.4 is 16.2 Å². The van der Waals surface area contributed by atoms with Gasteiger partial charge >= 0.3 is 6.03 Å². The predicted molar refractivity (Wildman–Crippen MR) is 128 cm³/mol. The Bertz CT molecular complexity index is 1370. The number of nitrogen functional groups attached to an aromatic ring is 1. The SMILES string of the molecule is CCNC(=O)N1CCC2(CCn3nc(-c4cnc(N)c(-c5ccc(S(N)(=O)=O)cc5)c4)cc32)C1. The Hall–Kier alpha value is -3.44. The molecule has 1 fully saturated rings. The molecular weight excluding hydrogens is 454 g/mol. The minimum absolute atomic E-state index is 0.0154. The van der Waals surface area contributed by atoms with Gasteiger partial charge in [-0.05, 0) is 49.6 Å². The van der Waals surface area contributed by atoms with Gasteiger partial charge in [-0.1, -0.05) is 12.1 Å². The van der Waals surface area contributed by atoms with E-state index in [-0.39, 0.29) is 16.3 Å². The number of pyridine rings is 1. The van der Waals surface area contributed by atoms with Crippen molar-refractivity contribution >= 4 is 21.9 Å². The van der Waals surface area contributed by atoms with Crippen molar-refractivity contribution in [1.29, 1.82) is 0 Å². The summed E-state index contributed by atoms with van der Waals surface area (Å²) in [6.45, 7) is 4.76. The Balaban J connectivity index is 1.45. The maximum Gasteiger partial charge on any atom is 0.317 e. The smallest absolute Gasteiger partial charge is 0.317 e. The molecule has 2 aromatic heterocycles. The normalized spacial score (nSPS) is 19.5. The molecule has 0 aliphatic carbocycles. The highest BCUT2D eigenvalue weighted by molar-refractivity contribution is 7.89. The quantitative estimate of drug-likeness (QED) is 0.518. The molecule has 1 atom stereocenters. The maximum absolute atomic E-state index is 12.3. The Morgan fingerprint density at radius 3 is 2.59 bits per heavy atom. The predicted octanol–water partition coefficient (Wildman–Crippen LogP) is 1.92. The summed E-state index contributed by atoms with van der Waals surface area (Å²) >= 11 is 0. The number of hydrogen-bond acceptors (Lipinski definition) is 6. The van der Waals surface area contributed by atoms with Crippen LogP contribution in [-0.2, 0) is 22.0 Å². The number of aryl methyl sites for hydroxylation is 1. The lowest BCUT2D eigenvalue weighted by molar-refractivity contribution is 0.206. The van der Waals surface area contributed by atoms with Crippen LogP contribution in [0.25, 0.3) is 22.4 Å². The van der Waals surface area contributed by atoms with E-state index in [0.29, 0.717) is 24.5 Å². The van der Waals surface area contributed by atoms with Gasteiger partial charge in [0.1, 0.15) is 5.82 Å². The second kappa shape index (κ2) is 8.10. The fourth-order valence-corrected chi connectivity index (χ4v) is 5.51. The van der Waals surface area contributed by atoms with E-state index in [4.69, 9.17) is 16.0 Å². The van der Waals surface area contributed by atoms with E-state index in [0.717, 1.165) is 48.4 Å². The van der Waals surface area contributed by atoms with Gasteiger partial charge in [0.25, 0.3) is 0 Å². The van der Waals surface area contributed by atoms with Crippen molar-refractivity contribution in [1.82, 2.24) is 25.0 Å². The summed E-state index contributed by atoms with van der Waals surface area (Å²) in [6, 6.07) is 10.2. The van der Waals surface area contributed by atoms with E-state index < -0.39 is 10.0 Å². The number of carbonyl (C=O) groups is 1. The molecule has 2 aliphatic heterocycles. The highest BCUT2D eigenvalue weighted by atomic mass is 32.2. The lowest BCUT2D eigenvalue weighted by Crippen LogP contribution is -2.40. The van der Waals surface area contributed by atoms with Gasteiger partial charge in [-0.15, -0.1) is 0 Å². The molecule has 1 saturated heterocycles. The summed E-state index contributed by atoms with van der Waals surface area (Å²) < 4.78 is 25.1. The molecule has 2 amide bonds. The first-order valence-electron chi connectivity index (χ1n) is 11.2. The third-order valence-corrected chi connectivity index (χ3v) is 7.73. The van der Waals surface area contributed by atoms with E-state index >= 15 is 0 Å². The Morgan fingerprint density at radius 1 is 1.15 bits per heavy atom. The van der Waals surface area contributed by atoms with E-state index in [9.17, 15) is 13.2 Å². The molecule has 178 valence electrons. The molecule has 10 nitrogen and oxygen atoms in total. The second-order valence-electron chi connectivity index (χ2n) is 8.90. The molecule has 3 aromatic rings. The molecule has 5 rings (SSSR count). The van der Waals surface area contributed by atoms with E-state index in [1.54, 1.807) is 18.3 Å². The van der Waals surface area contributed by atoms with Crippen LogP contribution in [0.15, 0.2) is 47.5 Å². The number of rotatable bonds is 4. The summed E-state index contributed by atoms with van der Waals surface area (Å²) in [6.07, 6.45) is 3.57. The number of carbonyl (C=O) groups excluding carboxylic acids is 1. The van der Waals surface area contributed by atoms with Crippen molar-refractivity contribution in [3.63, 3.8) is 0 Å². The number of likely N-dealkylation sites (tertiary alicyclic amines) is 1. The van der Waals surface area contributed by atoms with Gasteiger partial charge in [-0.3, -0.25) is 4.68 Å². The monoisotopic (exact) mass is 481 g/mol. The molecule has 5 N–H and O–H groups in total. The molecule has 11 heteroatoms. The fraction of sp³-hybridized carbons (Fsp3) is 0.348. The van der Waals surface area contributed by atoms with Crippen LogP contribution >= 0.6 is 0 Å². The second-order valence-corrected chi connectivity index (χ2v) is 10.5. The minimum atomic E-state index is -3.77. The van der Waals surface area contributed by atoms with Crippen LogP contribution in [0.4, 0.5) is 10.6 Å². The lowest BCUT2D eigenvalue weighted by Gasteiger charge is -2.23. The van der Waals surface area contributed by atoms with Crippen molar-refractivity contribution in [2.45, 2.75) is 36.6 Å². The molecule has 2 aliphatic rings. The summed E-state index contributed by atoms with van der Waals surface area (Å²) in [4.78, 5) is 18.6. The maximum atomic E-state index is 12.3. The minimum Gasteiger partial charge on any atom is -0.383 e. The number of primary sulfonamides is 1. The number of sulfonamides is 1. The van der Waals surface area contributed by atoms with Crippen molar-refractivity contribution in [3.05, 3.63) is 48.3 Å². The molecule has 0 radical (unpaired) electrons. The highest BCUT2D eigenvalue weighted by Gasteiger charge is 2.46. The van der Waals surface area contributed by atoms with E-state index in [2.05, 4.69) is 16.4 Å². The van der Waals surface area contributed by atoms with Crippen molar-refractivity contribution in [2.75, 3.05) is 25.4 Å². The third kappa shape index (κ3) is 3.80. The standard InChI is InChI=1S/C23H27N7O3S/c1-2-26-22(31)29-9-7-23(14-29)8-10-30-20(23)12-19(28-30)16-11-18(21(24)27-13-16)15-3-5-17(6-4-15)34(25,32)33/h3-6,11-13H,2,7-10,14H2,1H3,(H2,24,27)(H,26,31)(H2,25,32,33). The van der Waals surface area contributed by atoms with Gasteiger partial charge in [0.15, 0.2) is 0 Å². The zero-order valence-corrected chi connectivity index (χ0v) is 19.7. The molecule has 1 aromatic carbocycles. The summed E-state index contributed by atoms with van der Waals surface area (Å²) in [5.41, 5.74) is 10.2. The fourth-order valence-electron chi connectivity index (χ4n) is 5.00. The number of benzene rings is 1. The van der Waals surface area contributed by atoms with Gasteiger partial charge in [0.2, 0.25) is 10.0 Å². The summed E-state index contributed by atoms with van der Waals surface area (Å²) in [7, 11) is -3.77. The van der Waals surface area contributed by atoms with Gasteiger partial charge in [-0.2, -0.15) is 5.10 Å². The zero-order valence-electron chi connectivity index (χ0n) is 18.9. The van der Waals surface area contributed by atoms with Crippen LogP contribution in [-0.4, -0.2) is 53.7 Å². The Kier molecular flexibility index (Phi) is 5.33. The summed E-state index contributed by atoms with van der Waals surface area (Å²) in [5, 5.41) is 12.9. The van der Waals surface area contributed by atoms with Gasteiger partial charge in [0.05, 0.1) is 10.6 Å². The summed E-state index contributed by atoms with van der Waals surface area (Å²) in [5.74, 6) is 0.337. The molecule has 34 heavy (non-hydrogen) atoms. The zero-order chi connectivity index (χ0) is 24.1. The number of anilines is 1. The molecule has 1 spiro atoms. The van der Waals surface area contributed by atoms with Gasteiger partial charge < -0.3 is 16.0 Å². The number of amides is 2. The molecule has 4 heterocycles. The highest BCUT2D eigenvalue weighted by Crippen LogP contribution is 2.44. The number of nitrogens with two attached hydrogens (primary N) is 2. The first-order chi connectivity index (χ1) is 16.2. The van der Waals surface area contributed by atoms with Gasteiger partial charge in [0, 0.05) is 54.6 Å². The Morgan fingerprint density at radius 2 is 1.88 bits per heavy atom. The average molecular weight is 482 g/mol. The largest absolute Gasteiger partial charge is 0.383 e. The number of aromatic nitrogens is 3. The first-order valence-corrected chi connectivity index (χ1v) is 12.7. The van der Waals surface area contributed by atoms with Crippen LogP contribution in [0, 0.1) is 0 Å². The number of nitrogens with zero attached hydrogens (tertiary/aromatic N) is 4. The van der Waals surface area contributed by atoms with Gasteiger partial charge in [-0.25, -0.2) is 23.3 Å². The first kappa shape index (κ1) is 22.4. The number of hydrogen-bond donors (Lipinski definition) is 3. The van der Waals surface area contributed by atoms with Crippen molar-refractivity contribution in [2.24, 2.45) is 5.14 Å². The van der Waals surface area contributed by atoms with Crippen LogP contribution in [0.3, 0.4) is 0 Å². The Labute approximate surface area is 198 Å².